The highest BCUT2D eigenvalue weighted by atomic mass is 127. The first-order valence-corrected chi connectivity index (χ1v) is 10.3. The molecule has 3 heterocycles. The van der Waals surface area contributed by atoms with Crippen LogP contribution in [0.25, 0.3) is 10.9 Å². The van der Waals surface area contributed by atoms with Crippen LogP contribution in [0.2, 0.25) is 0 Å². The standard InChI is InChI=1S/C17H18F2I2N4O/c1-8-5-23-10(7-24(8)20)6-22(3)16-15(23)11-4-12(18)9(2)13(19)14(11)25(21)17(16)26/h4,8,10H,5-7H2,1-3H3. The molecule has 140 valence electrons. The lowest BCUT2D eigenvalue weighted by molar-refractivity contribution is 0.308. The molecule has 5 nitrogen and oxygen atoms in total. The van der Waals surface area contributed by atoms with Crippen molar-refractivity contribution in [3.63, 3.8) is 0 Å². The van der Waals surface area contributed by atoms with E-state index in [-0.39, 0.29) is 28.7 Å². The summed E-state index contributed by atoms with van der Waals surface area (Å²) in [6.45, 7) is 5.76. The maximum Gasteiger partial charge on any atom is 0.285 e. The lowest BCUT2D eigenvalue weighted by Crippen LogP contribution is -2.61. The number of hydrogen-bond donors (Lipinski definition) is 0. The van der Waals surface area contributed by atoms with Gasteiger partial charge >= 0.3 is 0 Å². The van der Waals surface area contributed by atoms with Crippen LogP contribution in [-0.4, -0.2) is 44.7 Å². The van der Waals surface area contributed by atoms with Crippen LogP contribution >= 0.6 is 45.7 Å². The molecule has 2 aromatic rings. The van der Waals surface area contributed by atoms with Crippen molar-refractivity contribution < 1.29 is 8.78 Å². The summed E-state index contributed by atoms with van der Waals surface area (Å²) in [6.07, 6.45) is 0. The Hall–Kier alpha value is -0.690. The molecule has 2 unspecified atom stereocenters. The van der Waals surface area contributed by atoms with Gasteiger partial charge in [0.1, 0.15) is 11.5 Å². The molecule has 1 fully saturated rings. The average Bonchev–Trinajstić information content (AvgIpc) is 2.58. The molecule has 26 heavy (non-hydrogen) atoms. The molecule has 0 bridgehead atoms. The van der Waals surface area contributed by atoms with Crippen LogP contribution in [0, 0.1) is 18.6 Å². The Morgan fingerprint density at radius 2 is 1.85 bits per heavy atom. The number of likely N-dealkylation sites (N-methyl/N-ethyl adjacent to an activating group) is 1. The summed E-state index contributed by atoms with van der Waals surface area (Å²) in [6, 6.07) is 1.82. The number of fused-ring (bicyclic) bond motifs is 5. The predicted molar refractivity (Wildman–Crippen MR) is 117 cm³/mol. The summed E-state index contributed by atoms with van der Waals surface area (Å²) >= 11 is 4.14. The molecule has 0 aliphatic carbocycles. The Labute approximate surface area is 177 Å². The topological polar surface area (TPSA) is 31.7 Å². The maximum absolute atomic E-state index is 14.9. The summed E-state index contributed by atoms with van der Waals surface area (Å²) < 4.78 is 32.8. The Balaban J connectivity index is 2.10. The summed E-state index contributed by atoms with van der Waals surface area (Å²) in [5.74, 6) is -1.25. The quantitative estimate of drug-likeness (QED) is 0.350. The van der Waals surface area contributed by atoms with Gasteiger partial charge in [-0.05, 0) is 19.9 Å². The maximum atomic E-state index is 14.9. The van der Waals surface area contributed by atoms with E-state index < -0.39 is 11.6 Å². The van der Waals surface area contributed by atoms with Crippen LogP contribution in [0.1, 0.15) is 12.5 Å². The Morgan fingerprint density at radius 3 is 2.54 bits per heavy atom. The van der Waals surface area contributed by atoms with Crippen molar-refractivity contribution in [1.82, 2.24) is 5.89 Å². The van der Waals surface area contributed by atoms with E-state index in [9.17, 15) is 13.6 Å². The first-order chi connectivity index (χ1) is 12.2. The lowest BCUT2D eigenvalue weighted by Gasteiger charge is -2.49. The fourth-order valence-corrected chi connectivity index (χ4v) is 5.31. The number of rotatable bonds is 0. The van der Waals surface area contributed by atoms with E-state index in [1.807, 2.05) is 34.8 Å². The van der Waals surface area contributed by atoms with Crippen molar-refractivity contribution in [2.75, 3.05) is 36.5 Å². The highest BCUT2D eigenvalue weighted by Crippen LogP contribution is 2.42. The van der Waals surface area contributed by atoms with Crippen LogP contribution in [0.5, 0.6) is 0 Å². The average molecular weight is 586 g/mol. The van der Waals surface area contributed by atoms with Crippen LogP contribution in [0.15, 0.2) is 10.9 Å². The van der Waals surface area contributed by atoms with E-state index in [4.69, 9.17) is 0 Å². The van der Waals surface area contributed by atoms with Crippen molar-refractivity contribution in [2.45, 2.75) is 25.9 Å². The number of pyridine rings is 1. The van der Waals surface area contributed by atoms with Crippen molar-refractivity contribution in [1.29, 1.82) is 0 Å². The number of hydrogen-bond acceptors (Lipinski definition) is 4. The van der Waals surface area contributed by atoms with E-state index in [2.05, 4.69) is 37.8 Å². The zero-order valence-corrected chi connectivity index (χ0v) is 18.9. The molecule has 2 aliphatic heterocycles. The fraction of sp³-hybridized carbons (Fsp3) is 0.471. The van der Waals surface area contributed by atoms with Gasteiger partial charge in [0.2, 0.25) is 0 Å². The van der Waals surface area contributed by atoms with Gasteiger partial charge in [-0.25, -0.2) is 14.7 Å². The second kappa shape index (κ2) is 6.43. The third kappa shape index (κ3) is 2.56. The number of aromatic nitrogens is 1. The molecule has 0 N–H and O–H groups in total. The van der Waals surface area contributed by atoms with Gasteiger partial charge < -0.3 is 9.80 Å². The molecular formula is C17H18F2I2N4O. The molecule has 2 atom stereocenters. The minimum absolute atomic E-state index is 0.0616. The van der Waals surface area contributed by atoms with Gasteiger partial charge in [-0.15, -0.1) is 0 Å². The first-order valence-electron chi connectivity index (χ1n) is 8.36. The summed E-state index contributed by atoms with van der Waals surface area (Å²) in [5, 5.41) is 0.459. The normalized spacial score (nSPS) is 23.3. The molecule has 2 aliphatic rings. The van der Waals surface area contributed by atoms with Crippen molar-refractivity contribution >= 4 is 68.0 Å². The van der Waals surface area contributed by atoms with Gasteiger partial charge in [0.25, 0.3) is 5.56 Å². The van der Waals surface area contributed by atoms with E-state index >= 15 is 0 Å². The molecule has 4 rings (SSSR count). The van der Waals surface area contributed by atoms with Gasteiger partial charge in [-0.2, -0.15) is 0 Å². The highest BCUT2D eigenvalue weighted by molar-refractivity contribution is 14.1. The van der Waals surface area contributed by atoms with E-state index in [0.717, 1.165) is 6.54 Å². The highest BCUT2D eigenvalue weighted by Gasteiger charge is 2.39. The van der Waals surface area contributed by atoms with Crippen LogP contribution < -0.4 is 15.4 Å². The zero-order valence-electron chi connectivity index (χ0n) is 14.6. The van der Waals surface area contributed by atoms with Gasteiger partial charge in [0.15, 0.2) is 5.82 Å². The van der Waals surface area contributed by atoms with E-state index in [1.165, 1.54) is 15.8 Å². The van der Waals surface area contributed by atoms with Gasteiger partial charge in [-0.3, -0.25) is 4.79 Å². The molecular weight excluding hydrogens is 568 g/mol. The van der Waals surface area contributed by atoms with Gasteiger partial charge in [0.05, 0.1) is 40.1 Å². The molecule has 0 saturated carbocycles. The number of nitrogens with zero attached hydrogens (tertiary/aromatic N) is 4. The van der Waals surface area contributed by atoms with Crippen LogP contribution in [0.4, 0.5) is 20.2 Å². The second-order valence-electron chi connectivity index (χ2n) is 7.09. The molecule has 1 aromatic heterocycles. The predicted octanol–water partition coefficient (Wildman–Crippen LogP) is 3.47. The fourth-order valence-electron chi connectivity index (χ4n) is 3.97. The monoisotopic (exact) mass is 586 g/mol. The Morgan fingerprint density at radius 1 is 1.15 bits per heavy atom. The minimum Gasteiger partial charge on any atom is -0.366 e. The molecule has 0 spiro atoms. The SMILES string of the molecule is Cc1c(F)cc2c3c(c(=O)n(I)c2c1F)N(C)CC1CN(I)C(C)CN31. The van der Waals surface area contributed by atoms with Gasteiger partial charge in [-0.1, -0.05) is 0 Å². The lowest BCUT2D eigenvalue weighted by atomic mass is 9.99. The van der Waals surface area contributed by atoms with Crippen molar-refractivity contribution in [2.24, 2.45) is 0 Å². The van der Waals surface area contributed by atoms with E-state index in [1.54, 1.807) is 0 Å². The van der Waals surface area contributed by atoms with Crippen LogP contribution in [-0.2, 0) is 0 Å². The molecule has 1 saturated heterocycles. The number of piperazine rings is 1. The van der Waals surface area contributed by atoms with Crippen molar-refractivity contribution in [3.05, 3.63) is 33.6 Å². The summed E-state index contributed by atoms with van der Waals surface area (Å²) in [5.41, 5.74) is 1.01. The molecule has 0 amide bonds. The van der Waals surface area contributed by atoms with Crippen LogP contribution in [0.3, 0.4) is 0 Å². The van der Waals surface area contributed by atoms with Gasteiger partial charge in [0, 0.05) is 66.5 Å². The first kappa shape index (κ1) is 18.7. The molecule has 0 radical (unpaired) electrons. The number of benzene rings is 1. The Bertz CT molecular complexity index is 980. The minimum atomic E-state index is -0.667. The van der Waals surface area contributed by atoms with E-state index in [0.29, 0.717) is 29.9 Å². The third-order valence-electron chi connectivity index (χ3n) is 5.40. The summed E-state index contributed by atoms with van der Waals surface area (Å²) in [7, 11) is 1.87. The second-order valence-corrected chi connectivity index (χ2v) is 9.30. The largest absolute Gasteiger partial charge is 0.366 e. The third-order valence-corrected chi connectivity index (χ3v) is 7.66. The number of anilines is 2. The smallest absolute Gasteiger partial charge is 0.285 e. The molecule has 9 heteroatoms. The molecule has 1 aromatic carbocycles. The number of halogens is 4. The Kier molecular flexibility index (Phi) is 4.62. The summed E-state index contributed by atoms with van der Waals surface area (Å²) in [4.78, 5) is 17.1. The zero-order chi connectivity index (χ0) is 18.9. The van der Waals surface area contributed by atoms with Crippen molar-refractivity contribution in [3.8, 4) is 0 Å².